The van der Waals surface area contributed by atoms with E-state index in [0.717, 1.165) is 21.5 Å². The van der Waals surface area contributed by atoms with Crippen molar-refractivity contribution < 1.29 is 4.42 Å². The zero-order valence-electron chi connectivity index (χ0n) is 12.9. The van der Waals surface area contributed by atoms with Crippen LogP contribution < -0.4 is 5.73 Å². The number of hydrogen-bond donors (Lipinski definition) is 1. The van der Waals surface area contributed by atoms with E-state index >= 15 is 0 Å². The maximum Gasteiger partial charge on any atom is 0.226 e. The lowest BCUT2D eigenvalue weighted by atomic mass is 10.1. The van der Waals surface area contributed by atoms with Gasteiger partial charge in [0.15, 0.2) is 5.16 Å². The number of hydrogen-bond acceptors (Lipinski definition) is 7. The lowest BCUT2D eigenvalue weighted by Gasteiger charge is -2.00. The largest absolute Gasteiger partial charge is 0.444 e. The highest BCUT2D eigenvalue weighted by atomic mass is 32.2. The maximum atomic E-state index is 5.97. The number of rotatable bonds is 4. The number of fused-ring (bicyclic) bond motifs is 1. The first-order valence-electron chi connectivity index (χ1n) is 7.34. The highest BCUT2D eigenvalue weighted by molar-refractivity contribution is 7.98. The molecule has 0 atom stereocenters. The van der Waals surface area contributed by atoms with Gasteiger partial charge < -0.3 is 10.2 Å². The zero-order chi connectivity index (χ0) is 16.5. The van der Waals surface area contributed by atoms with Crippen LogP contribution in [0.2, 0.25) is 0 Å². The molecule has 24 heavy (non-hydrogen) atoms. The fraction of sp³-hybridized carbons (Fsp3) is 0.118. The number of nitrogen functional groups attached to an aromatic ring is 1. The molecular formula is C17H14N4OS2. The van der Waals surface area contributed by atoms with Gasteiger partial charge in [-0.2, -0.15) is 0 Å². The predicted molar refractivity (Wildman–Crippen MR) is 98.1 cm³/mol. The van der Waals surface area contributed by atoms with Crippen molar-refractivity contribution >= 4 is 39.1 Å². The minimum Gasteiger partial charge on any atom is -0.444 e. The van der Waals surface area contributed by atoms with E-state index in [2.05, 4.69) is 21.9 Å². The molecule has 4 rings (SSSR count). The summed E-state index contributed by atoms with van der Waals surface area (Å²) in [5.41, 5.74) is 9.00. The van der Waals surface area contributed by atoms with Crippen molar-refractivity contribution in [2.24, 2.45) is 0 Å². The van der Waals surface area contributed by atoms with Gasteiger partial charge in [-0.3, -0.25) is 0 Å². The van der Waals surface area contributed by atoms with Gasteiger partial charge in [0, 0.05) is 11.3 Å². The summed E-state index contributed by atoms with van der Waals surface area (Å²) in [6.45, 7) is 2.05. The van der Waals surface area contributed by atoms with Gasteiger partial charge in [-0.15, -0.1) is 11.3 Å². The molecule has 0 aliphatic carbocycles. The summed E-state index contributed by atoms with van der Waals surface area (Å²) in [5.74, 6) is 1.77. The van der Waals surface area contributed by atoms with Gasteiger partial charge in [0.05, 0.1) is 11.1 Å². The Morgan fingerprint density at radius 1 is 1.12 bits per heavy atom. The Bertz CT molecular complexity index is 991. The Hall–Kier alpha value is -2.38. The summed E-state index contributed by atoms with van der Waals surface area (Å²) in [6, 6.07) is 10.0. The highest BCUT2D eigenvalue weighted by Crippen LogP contribution is 2.28. The van der Waals surface area contributed by atoms with Crippen LogP contribution in [0.5, 0.6) is 0 Å². The molecule has 0 aliphatic heterocycles. The number of anilines is 1. The molecule has 4 aromatic rings. The van der Waals surface area contributed by atoms with Crippen LogP contribution >= 0.6 is 23.1 Å². The smallest absolute Gasteiger partial charge is 0.226 e. The van der Waals surface area contributed by atoms with Crippen molar-refractivity contribution in [3.05, 3.63) is 53.2 Å². The average Bonchev–Trinajstić information content (AvgIpc) is 3.23. The van der Waals surface area contributed by atoms with Crippen molar-refractivity contribution in [3.63, 3.8) is 0 Å². The highest BCUT2D eigenvalue weighted by Gasteiger charge is 2.10. The topological polar surface area (TPSA) is 77.8 Å². The molecule has 5 nitrogen and oxygen atoms in total. The SMILES string of the molecule is Cc1ccc(-c2nc(CSc3nc(N)c4ccsc4n3)co2)cc1. The van der Waals surface area contributed by atoms with E-state index in [4.69, 9.17) is 10.2 Å². The molecule has 2 N–H and O–H groups in total. The fourth-order valence-electron chi connectivity index (χ4n) is 2.26. The third-order valence-electron chi connectivity index (χ3n) is 3.53. The van der Waals surface area contributed by atoms with Gasteiger partial charge in [0.2, 0.25) is 5.89 Å². The summed E-state index contributed by atoms with van der Waals surface area (Å²) in [5, 5.41) is 3.53. The number of oxazole rings is 1. The Morgan fingerprint density at radius 2 is 1.96 bits per heavy atom. The number of aromatic nitrogens is 3. The van der Waals surface area contributed by atoms with Crippen LogP contribution in [0.1, 0.15) is 11.3 Å². The normalized spacial score (nSPS) is 11.2. The lowest BCUT2D eigenvalue weighted by molar-refractivity contribution is 0.573. The molecule has 3 aromatic heterocycles. The number of thioether (sulfide) groups is 1. The minimum absolute atomic E-state index is 0.518. The molecule has 0 amide bonds. The van der Waals surface area contributed by atoms with Crippen molar-refractivity contribution in [1.29, 1.82) is 0 Å². The number of nitrogens with zero attached hydrogens (tertiary/aromatic N) is 3. The van der Waals surface area contributed by atoms with Crippen molar-refractivity contribution in [2.75, 3.05) is 5.73 Å². The van der Waals surface area contributed by atoms with Crippen molar-refractivity contribution in [2.45, 2.75) is 17.8 Å². The van der Waals surface area contributed by atoms with Gasteiger partial charge in [-0.25, -0.2) is 15.0 Å². The molecule has 120 valence electrons. The first-order chi connectivity index (χ1) is 11.7. The van der Waals surface area contributed by atoms with Gasteiger partial charge in [-0.05, 0) is 30.5 Å². The lowest BCUT2D eigenvalue weighted by Crippen LogP contribution is -1.95. The van der Waals surface area contributed by atoms with E-state index in [0.29, 0.717) is 22.6 Å². The number of aryl methyl sites for hydroxylation is 1. The summed E-state index contributed by atoms with van der Waals surface area (Å²) in [4.78, 5) is 14.3. The van der Waals surface area contributed by atoms with Crippen LogP contribution in [0.25, 0.3) is 21.7 Å². The molecule has 0 spiro atoms. The summed E-state index contributed by atoms with van der Waals surface area (Å²) >= 11 is 3.06. The molecule has 0 unspecified atom stereocenters. The van der Waals surface area contributed by atoms with Crippen LogP contribution in [0, 0.1) is 6.92 Å². The summed E-state index contributed by atoms with van der Waals surface area (Å²) in [7, 11) is 0. The average molecular weight is 354 g/mol. The second kappa shape index (κ2) is 6.26. The van der Waals surface area contributed by atoms with Crippen LogP contribution in [0.15, 0.2) is 51.5 Å². The molecule has 0 saturated heterocycles. The first kappa shape index (κ1) is 15.2. The Kier molecular flexibility index (Phi) is 3.95. The maximum absolute atomic E-state index is 5.97. The van der Waals surface area contributed by atoms with E-state index in [1.165, 1.54) is 17.3 Å². The Labute approximate surface area is 147 Å². The zero-order valence-corrected chi connectivity index (χ0v) is 14.5. The minimum atomic E-state index is 0.518. The van der Waals surface area contributed by atoms with E-state index in [1.54, 1.807) is 17.6 Å². The number of nitrogens with two attached hydrogens (primary N) is 1. The molecular weight excluding hydrogens is 340 g/mol. The molecule has 0 saturated carbocycles. The number of thiophene rings is 1. The Morgan fingerprint density at radius 3 is 2.79 bits per heavy atom. The second-order valence-electron chi connectivity index (χ2n) is 5.33. The van der Waals surface area contributed by atoms with Crippen LogP contribution in [-0.4, -0.2) is 15.0 Å². The van der Waals surface area contributed by atoms with E-state index in [-0.39, 0.29) is 0 Å². The number of benzene rings is 1. The predicted octanol–water partition coefficient (Wildman–Crippen LogP) is 4.53. The molecule has 0 fully saturated rings. The first-order valence-corrected chi connectivity index (χ1v) is 9.20. The molecule has 1 aromatic carbocycles. The summed E-state index contributed by atoms with van der Waals surface area (Å²) in [6.07, 6.45) is 1.68. The van der Waals surface area contributed by atoms with Crippen molar-refractivity contribution in [3.8, 4) is 11.5 Å². The second-order valence-corrected chi connectivity index (χ2v) is 7.17. The summed E-state index contributed by atoms with van der Waals surface area (Å²) < 4.78 is 5.57. The van der Waals surface area contributed by atoms with Crippen LogP contribution in [0.4, 0.5) is 5.82 Å². The van der Waals surface area contributed by atoms with Crippen LogP contribution in [0.3, 0.4) is 0 Å². The van der Waals surface area contributed by atoms with Crippen molar-refractivity contribution in [1.82, 2.24) is 15.0 Å². The molecule has 0 bridgehead atoms. The van der Waals surface area contributed by atoms with Gasteiger partial charge in [-0.1, -0.05) is 29.5 Å². The third kappa shape index (κ3) is 3.00. The van der Waals surface area contributed by atoms with E-state index in [9.17, 15) is 0 Å². The molecule has 7 heteroatoms. The van der Waals surface area contributed by atoms with Crippen LogP contribution in [-0.2, 0) is 5.75 Å². The van der Waals surface area contributed by atoms with Gasteiger partial charge in [0.1, 0.15) is 16.9 Å². The van der Waals surface area contributed by atoms with E-state index in [1.807, 2.05) is 35.7 Å². The standard InChI is InChI=1S/C17H14N4OS2/c1-10-2-4-11(5-3-10)15-19-12(8-22-15)9-24-17-20-14(18)13-6-7-23-16(13)21-17/h2-8H,9H2,1H3,(H2,18,20,21). The fourth-order valence-corrected chi connectivity index (χ4v) is 3.82. The quantitative estimate of drug-likeness (QED) is 0.428. The molecule has 0 radical (unpaired) electrons. The van der Waals surface area contributed by atoms with Gasteiger partial charge >= 0.3 is 0 Å². The molecule has 3 heterocycles. The monoisotopic (exact) mass is 354 g/mol. The van der Waals surface area contributed by atoms with Gasteiger partial charge in [0.25, 0.3) is 0 Å². The Balaban J connectivity index is 1.50. The van der Waals surface area contributed by atoms with E-state index < -0.39 is 0 Å². The third-order valence-corrected chi connectivity index (χ3v) is 5.22. The molecule has 0 aliphatic rings.